The van der Waals surface area contributed by atoms with Crippen LogP contribution in [0.4, 0.5) is 25.2 Å². The lowest BCUT2D eigenvalue weighted by molar-refractivity contribution is -0.134. The number of nitrogens with zero attached hydrogens (tertiary/aromatic N) is 3. The summed E-state index contributed by atoms with van der Waals surface area (Å²) < 4.78 is 28.4. The number of carbonyl (C=O) groups is 2. The Morgan fingerprint density at radius 3 is 2.29 bits per heavy atom. The van der Waals surface area contributed by atoms with E-state index in [1.807, 2.05) is 6.07 Å². The van der Waals surface area contributed by atoms with Gasteiger partial charge in [0, 0.05) is 48.4 Å². The molecular weight excluding hydrogens is 478 g/mol. The van der Waals surface area contributed by atoms with Gasteiger partial charge in [-0.2, -0.15) is 0 Å². The number of carboxylic acid groups (broad SMARTS) is 2. The third kappa shape index (κ3) is 5.64. The number of aliphatic carboxylic acids is 2. The molecule has 0 atom stereocenters. The Morgan fingerprint density at radius 2 is 1.63 bits per heavy atom. The number of amidine groups is 1. The zero-order valence-electron chi connectivity index (χ0n) is 18.7. The Kier molecular flexibility index (Phi) is 7.08. The normalized spacial score (nSPS) is 15.4. The molecular formula is C24H22F2N4O4S. The highest BCUT2D eigenvalue weighted by Gasteiger charge is 2.27. The predicted octanol–water partition coefficient (Wildman–Crippen LogP) is 4.27. The number of piperazine rings is 1. The average Bonchev–Trinajstić information content (AvgIpc) is 3.06. The zero-order valence-corrected chi connectivity index (χ0v) is 19.5. The Morgan fingerprint density at radius 1 is 1.00 bits per heavy atom. The summed E-state index contributed by atoms with van der Waals surface area (Å²) in [5.74, 6) is -2.22. The second kappa shape index (κ2) is 10.2. The first kappa shape index (κ1) is 24.3. The smallest absolute Gasteiger partial charge is 0.328 e. The van der Waals surface area contributed by atoms with E-state index >= 15 is 0 Å². The number of carboxylic acids is 2. The van der Waals surface area contributed by atoms with Crippen LogP contribution in [-0.2, 0) is 9.59 Å². The molecule has 182 valence electrons. The number of thiophene rings is 1. The number of nitrogens with one attached hydrogen (secondary N) is 1. The first-order chi connectivity index (χ1) is 16.7. The Hall–Kier alpha value is -3.83. The number of halogens is 2. The maximum absolute atomic E-state index is 13.8. The van der Waals surface area contributed by atoms with Crippen molar-refractivity contribution in [3.05, 3.63) is 65.7 Å². The van der Waals surface area contributed by atoms with Gasteiger partial charge in [0.05, 0.1) is 16.9 Å². The molecule has 8 nitrogen and oxygen atoms in total. The molecule has 3 heterocycles. The molecule has 1 aromatic heterocycles. The van der Waals surface area contributed by atoms with Crippen LogP contribution in [-0.4, -0.2) is 71.0 Å². The van der Waals surface area contributed by atoms with Crippen LogP contribution in [0.2, 0.25) is 0 Å². The molecule has 0 saturated carbocycles. The summed E-state index contributed by atoms with van der Waals surface area (Å²) in [6.45, 7) is 3.64. The van der Waals surface area contributed by atoms with Crippen molar-refractivity contribution in [1.29, 1.82) is 0 Å². The van der Waals surface area contributed by atoms with Crippen LogP contribution >= 0.6 is 11.3 Å². The van der Waals surface area contributed by atoms with E-state index in [4.69, 9.17) is 15.2 Å². The first-order valence-electron chi connectivity index (χ1n) is 10.7. The van der Waals surface area contributed by atoms with Gasteiger partial charge in [0.15, 0.2) is 0 Å². The van der Waals surface area contributed by atoms with Crippen LogP contribution in [0.1, 0.15) is 5.56 Å². The van der Waals surface area contributed by atoms with Crippen LogP contribution < -0.4 is 5.32 Å². The van der Waals surface area contributed by atoms with Crippen molar-refractivity contribution in [3.63, 3.8) is 0 Å². The van der Waals surface area contributed by atoms with Crippen molar-refractivity contribution in [1.82, 2.24) is 9.80 Å². The fraction of sp³-hybridized carbons (Fsp3) is 0.208. The monoisotopic (exact) mass is 500 g/mol. The minimum Gasteiger partial charge on any atom is -0.478 e. The summed E-state index contributed by atoms with van der Waals surface area (Å²) in [6.07, 6.45) is 1.12. The Labute approximate surface area is 203 Å². The SMILES string of the molecule is CN1CCN(C2=Nc3ccc(F)cc3Nc3sc4cc(F)ccc4c32)CC1.O=C(O)/C=C\C(=O)O. The minimum absolute atomic E-state index is 0.261. The lowest BCUT2D eigenvalue weighted by atomic mass is 10.1. The topological polar surface area (TPSA) is 105 Å². The number of hydrogen-bond acceptors (Lipinski definition) is 7. The molecule has 0 bridgehead atoms. The van der Waals surface area contributed by atoms with E-state index in [2.05, 4.69) is 22.2 Å². The highest BCUT2D eigenvalue weighted by molar-refractivity contribution is 7.23. The van der Waals surface area contributed by atoms with Gasteiger partial charge in [-0.15, -0.1) is 11.3 Å². The molecule has 0 spiro atoms. The van der Waals surface area contributed by atoms with E-state index in [1.165, 1.54) is 29.5 Å². The summed E-state index contributed by atoms with van der Waals surface area (Å²) in [6, 6.07) is 9.42. The molecule has 2 aliphatic heterocycles. The minimum atomic E-state index is -1.26. The molecule has 1 fully saturated rings. The van der Waals surface area contributed by atoms with Crippen molar-refractivity contribution < 1.29 is 28.6 Å². The van der Waals surface area contributed by atoms with Gasteiger partial charge in [-0.25, -0.2) is 23.4 Å². The first-order valence-corrected chi connectivity index (χ1v) is 11.5. The van der Waals surface area contributed by atoms with E-state index in [-0.39, 0.29) is 11.6 Å². The molecule has 2 aromatic carbocycles. The van der Waals surface area contributed by atoms with Gasteiger partial charge < -0.3 is 25.3 Å². The summed E-state index contributed by atoms with van der Waals surface area (Å²) in [5, 5.41) is 20.8. The fourth-order valence-electron chi connectivity index (χ4n) is 3.77. The van der Waals surface area contributed by atoms with Crippen LogP contribution in [0.5, 0.6) is 0 Å². The van der Waals surface area contributed by atoms with Gasteiger partial charge in [0.25, 0.3) is 0 Å². The van der Waals surface area contributed by atoms with E-state index < -0.39 is 11.9 Å². The molecule has 0 aliphatic carbocycles. The van der Waals surface area contributed by atoms with Gasteiger partial charge in [-0.1, -0.05) is 0 Å². The van der Waals surface area contributed by atoms with E-state index in [9.17, 15) is 18.4 Å². The van der Waals surface area contributed by atoms with Gasteiger partial charge in [-0.05, 0) is 43.4 Å². The number of hydrogen-bond donors (Lipinski definition) is 3. The lowest BCUT2D eigenvalue weighted by Gasteiger charge is -2.34. The quantitative estimate of drug-likeness (QED) is 0.451. The number of anilines is 2. The second-order valence-electron chi connectivity index (χ2n) is 7.97. The lowest BCUT2D eigenvalue weighted by Crippen LogP contribution is -2.47. The van der Waals surface area contributed by atoms with E-state index in [1.54, 1.807) is 12.1 Å². The van der Waals surface area contributed by atoms with Crippen molar-refractivity contribution in [3.8, 4) is 0 Å². The van der Waals surface area contributed by atoms with Crippen LogP contribution in [0.3, 0.4) is 0 Å². The molecule has 5 rings (SSSR count). The Balaban J connectivity index is 0.000000314. The van der Waals surface area contributed by atoms with Gasteiger partial charge in [0.1, 0.15) is 22.5 Å². The molecule has 2 aliphatic rings. The maximum Gasteiger partial charge on any atom is 0.328 e. The second-order valence-corrected chi connectivity index (χ2v) is 9.02. The largest absolute Gasteiger partial charge is 0.478 e. The van der Waals surface area contributed by atoms with Crippen molar-refractivity contribution in [2.75, 3.05) is 38.5 Å². The number of likely N-dealkylation sites (N-methyl/N-ethyl adjacent to an activating group) is 1. The van der Waals surface area contributed by atoms with E-state index in [0.29, 0.717) is 23.5 Å². The van der Waals surface area contributed by atoms with Gasteiger partial charge in [-0.3, -0.25) is 0 Å². The number of fused-ring (bicyclic) bond motifs is 4. The van der Waals surface area contributed by atoms with Gasteiger partial charge in [0.2, 0.25) is 0 Å². The summed E-state index contributed by atoms with van der Waals surface area (Å²) in [5.41, 5.74) is 2.31. The molecule has 1 saturated heterocycles. The third-order valence-electron chi connectivity index (χ3n) is 5.48. The number of benzene rings is 2. The van der Waals surface area contributed by atoms with Crippen LogP contribution in [0.25, 0.3) is 10.1 Å². The van der Waals surface area contributed by atoms with Crippen LogP contribution in [0, 0.1) is 11.6 Å². The molecule has 0 radical (unpaired) electrons. The number of rotatable bonds is 2. The molecule has 11 heteroatoms. The number of aliphatic imine (C=N–C) groups is 1. The Bertz CT molecular complexity index is 1330. The highest BCUT2D eigenvalue weighted by atomic mass is 32.1. The average molecular weight is 501 g/mol. The fourth-order valence-corrected chi connectivity index (χ4v) is 4.90. The molecule has 35 heavy (non-hydrogen) atoms. The van der Waals surface area contributed by atoms with E-state index in [0.717, 1.165) is 52.7 Å². The molecule has 0 unspecified atom stereocenters. The summed E-state index contributed by atoms with van der Waals surface area (Å²) in [7, 11) is 2.11. The third-order valence-corrected chi connectivity index (χ3v) is 6.55. The maximum atomic E-state index is 13.8. The molecule has 3 aromatic rings. The summed E-state index contributed by atoms with van der Waals surface area (Å²) in [4.78, 5) is 28.6. The van der Waals surface area contributed by atoms with Gasteiger partial charge >= 0.3 is 11.9 Å². The van der Waals surface area contributed by atoms with Crippen LogP contribution in [0.15, 0.2) is 53.5 Å². The van der Waals surface area contributed by atoms with Crippen molar-refractivity contribution >= 4 is 55.6 Å². The van der Waals surface area contributed by atoms with Crippen molar-refractivity contribution in [2.45, 2.75) is 0 Å². The highest BCUT2D eigenvalue weighted by Crippen LogP contribution is 2.43. The predicted molar refractivity (Wildman–Crippen MR) is 131 cm³/mol. The molecule has 3 N–H and O–H groups in total. The standard InChI is InChI=1S/C20H18F2N4S.C4H4O4/c1-25-6-8-26(9-7-25)19-18-14-4-2-13(22)11-17(14)27-20(18)24-16-10-12(21)3-5-15(16)23-19;5-3(6)1-2-4(7)8/h2-5,10-11,24H,6-9H2,1H3;1-2H,(H,5,6)(H,7,8)/b;2-1-. The van der Waals surface area contributed by atoms with Crippen molar-refractivity contribution in [2.24, 2.45) is 4.99 Å². The zero-order chi connectivity index (χ0) is 25.1. The summed E-state index contributed by atoms with van der Waals surface area (Å²) >= 11 is 1.47. The molecule has 0 amide bonds.